The molecule has 1 aromatic heterocycles. The fourth-order valence-electron chi connectivity index (χ4n) is 2.41. The third-order valence-electron chi connectivity index (χ3n) is 3.75. The lowest BCUT2D eigenvalue weighted by atomic mass is 9.96. The summed E-state index contributed by atoms with van der Waals surface area (Å²) in [7, 11) is 0. The fourth-order valence-corrected chi connectivity index (χ4v) is 3.09. The van der Waals surface area contributed by atoms with Gasteiger partial charge in [0.25, 0.3) is 5.91 Å². The number of rotatable bonds is 3. The first-order valence-corrected chi connectivity index (χ1v) is 7.70. The second-order valence-electron chi connectivity index (χ2n) is 4.71. The van der Waals surface area contributed by atoms with Crippen LogP contribution in [0.15, 0.2) is 16.7 Å². The molecule has 19 heavy (non-hydrogen) atoms. The van der Waals surface area contributed by atoms with Crippen LogP contribution in [0.1, 0.15) is 35.9 Å². The highest BCUT2D eigenvalue weighted by Crippen LogP contribution is 2.34. The topological polar surface area (TPSA) is 57.2 Å². The predicted molar refractivity (Wildman–Crippen MR) is 75.1 cm³/mol. The Labute approximate surface area is 117 Å². The first-order valence-electron chi connectivity index (χ1n) is 6.48. The molecular weight excluding hydrogens is 260 g/mol. The van der Waals surface area contributed by atoms with Crippen LogP contribution in [0.2, 0.25) is 0 Å². The highest BCUT2D eigenvalue weighted by molar-refractivity contribution is 8.00. The Hall–Kier alpha value is -1.41. The summed E-state index contributed by atoms with van der Waals surface area (Å²) in [4.78, 5) is 14.2. The number of aryl methyl sites for hydroxylation is 1. The number of thioether (sulfide) groups is 1. The fraction of sp³-hybridized carbons (Fsp3) is 0.571. The van der Waals surface area contributed by atoms with Crippen molar-refractivity contribution in [1.82, 2.24) is 4.90 Å². The van der Waals surface area contributed by atoms with Crippen molar-refractivity contribution < 1.29 is 9.21 Å². The molecule has 1 aliphatic rings. The Kier molecular flexibility index (Phi) is 4.20. The molecule has 2 rings (SSSR count). The van der Waals surface area contributed by atoms with E-state index in [1.165, 1.54) is 0 Å². The summed E-state index contributed by atoms with van der Waals surface area (Å²) in [6.07, 6.45) is 5.71. The van der Waals surface area contributed by atoms with Crippen molar-refractivity contribution in [3.8, 4) is 6.07 Å². The van der Waals surface area contributed by atoms with Crippen LogP contribution in [-0.4, -0.2) is 34.9 Å². The minimum Gasteiger partial charge on any atom is -0.469 e. The number of nitrogens with zero attached hydrogens (tertiary/aromatic N) is 2. The minimum absolute atomic E-state index is 0.0262. The van der Waals surface area contributed by atoms with E-state index in [1.54, 1.807) is 24.1 Å². The molecule has 2 heterocycles. The van der Waals surface area contributed by atoms with Gasteiger partial charge in [0.15, 0.2) is 0 Å². The average molecular weight is 278 g/mol. The maximum absolute atomic E-state index is 12.4. The van der Waals surface area contributed by atoms with Crippen LogP contribution in [0, 0.1) is 11.3 Å². The quantitative estimate of drug-likeness (QED) is 0.853. The van der Waals surface area contributed by atoms with Gasteiger partial charge in [0.05, 0.1) is 17.9 Å². The minimum atomic E-state index is -0.319. The molecule has 0 aromatic carbocycles. The lowest BCUT2D eigenvalue weighted by Gasteiger charge is -2.36. The van der Waals surface area contributed by atoms with E-state index in [-0.39, 0.29) is 10.7 Å². The molecule has 0 atom stereocenters. The molecule has 0 radical (unpaired) electrons. The zero-order valence-corrected chi connectivity index (χ0v) is 12.1. The van der Waals surface area contributed by atoms with Gasteiger partial charge in [0.2, 0.25) is 0 Å². The summed E-state index contributed by atoms with van der Waals surface area (Å²) >= 11 is 1.59. The molecule has 0 saturated carbocycles. The van der Waals surface area contributed by atoms with E-state index < -0.39 is 0 Å². The summed E-state index contributed by atoms with van der Waals surface area (Å²) < 4.78 is 4.99. The number of furan rings is 1. The van der Waals surface area contributed by atoms with Gasteiger partial charge in [-0.05, 0) is 25.2 Å². The molecule has 1 amide bonds. The van der Waals surface area contributed by atoms with E-state index in [4.69, 9.17) is 4.42 Å². The van der Waals surface area contributed by atoms with Gasteiger partial charge in [0, 0.05) is 19.5 Å². The molecule has 5 heteroatoms. The number of hydrogen-bond donors (Lipinski definition) is 0. The largest absolute Gasteiger partial charge is 0.469 e. The molecular formula is C14H18N2O2S. The van der Waals surface area contributed by atoms with Crippen molar-refractivity contribution >= 4 is 17.7 Å². The van der Waals surface area contributed by atoms with Gasteiger partial charge in [-0.2, -0.15) is 5.26 Å². The third kappa shape index (κ3) is 2.64. The van der Waals surface area contributed by atoms with Crippen LogP contribution >= 0.6 is 11.8 Å². The molecule has 0 unspecified atom stereocenters. The van der Waals surface area contributed by atoms with Crippen molar-refractivity contribution in [1.29, 1.82) is 5.26 Å². The number of likely N-dealkylation sites (tertiary alicyclic amines) is 1. The number of piperidine rings is 1. The lowest BCUT2D eigenvalue weighted by molar-refractivity contribution is 0.0714. The van der Waals surface area contributed by atoms with Gasteiger partial charge in [-0.3, -0.25) is 4.79 Å². The van der Waals surface area contributed by atoms with E-state index in [0.29, 0.717) is 18.7 Å². The highest BCUT2D eigenvalue weighted by atomic mass is 32.2. The van der Waals surface area contributed by atoms with Gasteiger partial charge in [-0.1, -0.05) is 6.92 Å². The molecule has 102 valence electrons. The number of amides is 1. The van der Waals surface area contributed by atoms with Crippen LogP contribution in [-0.2, 0) is 6.42 Å². The van der Waals surface area contributed by atoms with E-state index >= 15 is 0 Å². The molecule has 0 bridgehead atoms. The molecule has 0 aliphatic carbocycles. The second-order valence-corrected chi connectivity index (χ2v) is 5.90. The number of carbonyl (C=O) groups is 1. The van der Waals surface area contributed by atoms with Crippen molar-refractivity contribution in [3.05, 3.63) is 23.7 Å². The second kappa shape index (κ2) is 5.70. The predicted octanol–water partition coefficient (Wildman–Crippen LogP) is 2.70. The molecule has 1 aromatic rings. The number of carbonyl (C=O) groups excluding carboxylic acids is 1. The Morgan fingerprint density at radius 2 is 2.26 bits per heavy atom. The van der Waals surface area contributed by atoms with Gasteiger partial charge in [-0.25, -0.2) is 0 Å². The summed E-state index contributed by atoms with van der Waals surface area (Å²) in [6.45, 7) is 3.25. The van der Waals surface area contributed by atoms with Crippen LogP contribution in [0.25, 0.3) is 0 Å². The standard InChI is InChI=1S/C14H18N2O2S/c1-3-12-11(4-9-18-12)13(17)16-7-5-14(10-15,19-2)6-8-16/h4,9H,3,5-8H2,1-2H3. The molecule has 0 N–H and O–H groups in total. The first kappa shape index (κ1) is 14.0. The molecule has 1 aliphatic heterocycles. The molecule has 0 spiro atoms. The summed E-state index contributed by atoms with van der Waals surface area (Å²) in [5.41, 5.74) is 0.663. The summed E-state index contributed by atoms with van der Waals surface area (Å²) in [5.74, 6) is 0.769. The SMILES string of the molecule is CCc1occc1C(=O)N1CCC(C#N)(SC)CC1. The van der Waals surface area contributed by atoms with E-state index in [2.05, 4.69) is 6.07 Å². The van der Waals surface area contributed by atoms with E-state index in [1.807, 2.05) is 18.1 Å². The van der Waals surface area contributed by atoms with Crippen molar-refractivity contribution in [2.75, 3.05) is 19.3 Å². The van der Waals surface area contributed by atoms with Crippen molar-refractivity contribution in [3.63, 3.8) is 0 Å². The third-order valence-corrected chi connectivity index (χ3v) is 5.03. The van der Waals surface area contributed by atoms with Crippen LogP contribution in [0.5, 0.6) is 0 Å². The maximum atomic E-state index is 12.4. The monoisotopic (exact) mass is 278 g/mol. The summed E-state index contributed by atoms with van der Waals surface area (Å²) in [6, 6.07) is 4.13. The number of nitriles is 1. The lowest BCUT2D eigenvalue weighted by Crippen LogP contribution is -2.44. The highest BCUT2D eigenvalue weighted by Gasteiger charge is 2.36. The smallest absolute Gasteiger partial charge is 0.257 e. The molecule has 1 saturated heterocycles. The first-order chi connectivity index (χ1) is 9.15. The Bertz CT molecular complexity index is 496. The zero-order valence-electron chi connectivity index (χ0n) is 11.3. The van der Waals surface area contributed by atoms with Gasteiger partial charge < -0.3 is 9.32 Å². The Morgan fingerprint density at radius 1 is 1.58 bits per heavy atom. The Morgan fingerprint density at radius 3 is 2.79 bits per heavy atom. The summed E-state index contributed by atoms with van der Waals surface area (Å²) in [5, 5.41) is 9.24. The van der Waals surface area contributed by atoms with Crippen molar-refractivity contribution in [2.45, 2.75) is 30.9 Å². The van der Waals surface area contributed by atoms with Crippen LogP contribution in [0.4, 0.5) is 0 Å². The number of hydrogen-bond acceptors (Lipinski definition) is 4. The zero-order chi connectivity index (χ0) is 13.9. The van der Waals surface area contributed by atoms with Gasteiger partial charge >= 0.3 is 0 Å². The van der Waals surface area contributed by atoms with E-state index in [9.17, 15) is 10.1 Å². The maximum Gasteiger partial charge on any atom is 0.257 e. The van der Waals surface area contributed by atoms with Crippen molar-refractivity contribution in [2.24, 2.45) is 0 Å². The normalized spacial score (nSPS) is 18.1. The van der Waals surface area contributed by atoms with Crippen LogP contribution in [0.3, 0.4) is 0 Å². The van der Waals surface area contributed by atoms with Crippen LogP contribution < -0.4 is 0 Å². The molecule has 4 nitrogen and oxygen atoms in total. The van der Waals surface area contributed by atoms with Gasteiger partial charge in [0.1, 0.15) is 10.5 Å². The Balaban J connectivity index is 2.06. The van der Waals surface area contributed by atoms with E-state index in [0.717, 1.165) is 25.0 Å². The average Bonchev–Trinajstić information content (AvgIpc) is 2.95. The molecule has 1 fully saturated rings. The van der Waals surface area contributed by atoms with Gasteiger partial charge in [-0.15, -0.1) is 11.8 Å².